The Labute approximate surface area is 203 Å². The number of rotatable bonds is 4. The first-order valence-electron chi connectivity index (χ1n) is 11.3. The highest BCUT2D eigenvalue weighted by atomic mass is 16.5. The maximum atomic E-state index is 6.07. The molecule has 0 saturated heterocycles. The van der Waals surface area contributed by atoms with Gasteiger partial charge in [-0.3, -0.25) is 14.9 Å². The van der Waals surface area contributed by atoms with Crippen molar-refractivity contribution in [2.24, 2.45) is 7.05 Å². The molecule has 6 aromatic rings. The minimum Gasteiger partial charge on any atom is -0.497 e. The Hall–Kier alpha value is -5.00. The average molecular weight is 480 g/mol. The number of nitrogens with one attached hydrogen (secondary N) is 2. The SMILES string of the molecule is COc1ccc(-c2cc(-c3nc4c5c(ncn4n3)Oc3n[nH]c(C)c3C5c3cnn(C)c3)[nH]n2)cc1. The molecule has 1 aliphatic rings. The summed E-state index contributed by atoms with van der Waals surface area (Å²) in [5.74, 6) is 2.01. The Balaban J connectivity index is 1.36. The maximum absolute atomic E-state index is 6.07. The summed E-state index contributed by atoms with van der Waals surface area (Å²) in [6.45, 7) is 1.97. The lowest BCUT2D eigenvalue weighted by atomic mass is 9.86. The minimum absolute atomic E-state index is 0.221. The zero-order valence-corrected chi connectivity index (χ0v) is 19.6. The third kappa shape index (κ3) is 3.00. The molecule has 6 heterocycles. The molecule has 1 aliphatic heterocycles. The minimum atomic E-state index is -0.221. The van der Waals surface area contributed by atoms with E-state index in [1.54, 1.807) is 22.6 Å². The highest BCUT2D eigenvalue weighted by Crippen LogP contribution is 2.48. The van der Waals surface area contributed by atoms with Gasteiger partial charge in [0, 0.05) is 35.6 Å². The van der Waals surface area contributed by atoms with Crippen molar-refractivity contribution >= 4 is 5.65 Å². The van der Waals surface area contributed by atoms with Crippen molar-refractivity contribution in [3.8, 4) is 40.3 Å². The molecule has 36 heavy (non-hydrogen) atoms. The van der Waals surface area contributed by atoms with Gasteiger partial charge < -0.3 is 9.47 Å². The molecule has 12 heteroatoms. The topological polar surface area (TPSA) is 137 Å². The molecule has 1 aromatic carbocycles. The summed E-state index contributed by atoms with van der Waals surface area (Å²) in [4.78, 5) is 9.42. The fourth-order valence-electron chi connectivity index (χ4n) is 4.65. The number of aryl methyl sites for hydroxylation is 2. The molecule has 2 N–H and O–H groups in total. The quantitative estimate of drug-likeness (QED) is 0.392. The first-order chi connectivity index (χ1) is 17.6. The fraction of sp³-hybridized carbons (Fsp3) is 0.167. The molecule has 178 valence electrons. The van der Waals surface area contributed by atoms with Gasteiger partial charge >= 0.3 is 0 Å². The van der Waals surface area contributed by atoms with Crippen LogP contribution in [-0.2, 0) is 7.05 Å². The van der Waals surface area contributed by atoms with Crippen LogP contribution in [0.2, 0.25) is 0 Å². The molecule has 7 rings (SSSR count). The normalized spacial score (nSPS) is 14.5. The molecule has 0 spiro atoms. The number of aromatic nitrogens is 10. The highest BCUT2D eigenvalue weighted by molar-refractivity contribution is 5.69. The summed E-state index contributed by atoms with van der Waals surface area (Å²) in [6.07, 6.45) is 5.41. The smallest absolute Gasteiger partial charge is 0.244 e. The van der Waals surface area contributed by atoms with Gasteiger partial charge in [-0.2, -0.15) is 10.2 Å². The highest BCUT2D eigenvalue weighted by Gasteiger charge is 2.37. The Morgan fingerprint density at radius 3 is 2.69 bits per heavy atom. The van der Waals surface area contributed by atoms with E-state index in [2.05, 4.69) is 35.6 Å². The standard InChI is InChI=1S/C24H20N10O2/c1-12-18-19(14-9-26-33(2)10-14)20-22-27-21(32-34(22)11-25-23(20)36-24(18)31-28-12)17-8-16(29-30-17)13-4-6-15(35-3)7-5-13/h4-11,19H,1-3H3,(H,28,31)(H,29,30). The largest absolute Gasteiger partial charge is 0.497 e. The Kier molecular flexibility index (Phi) is 4.25. The lowest BCUT2D eigenvalue weighted by molar-refractivity contribution is 0.415. The van der Waals surface area contributed by atoms with Crippen molar-refractivity contribution in [1.29, 1.82) is 0 Å². The van der Waals surface area contributed by atoms with E-state index in [0.29, 0.717) is 28.9 Å². The molecule has 0 amide bonds. The van der Waals surface area contributed by atoms with E-state index in [9.17, 15) is 0 Å². The van der Waals surface area contributed by atoms with Crippen molar-refractivity contribution in [2.75, 3.05) is 7.11 Å². The molecule has 1 unspecified atom stereocenters. The summed E-state index contributed by atoms with van der Waals surface area (Å²) in [5.41, 5.74) is 6.67. The Morgan fingerprint density at radius 2 is 1.92 bits per heavy atom. The molecule has 0 fully saturated rings. The zero-order valence-electron chi connectivity index (χ0n) is 19.6. The van der Waals surface area contributed by atoms with E-state index in [0.717, 1.165) is 39.4 Å². The second kappa shape index (κ2) is 7.50. The maximum Gasteiger partial charge on any atom is 0.244 e. The average Bonchev–Trinajstić information content (AvgIpc) is 3.69. The van der Waals surface area contributed by atoms with Gasteiger partial charge in [0.15, 0.2) is 11.5 Å². The van der Waals surface area contributed by atoms with Gasteiger partial charge in [0.25, 0.3) is 0 Å². The number of aromatic amines is 2. The van der Waals surface area contributed by atoms with Gasteiger partial charge in [-0.05, 0) is 37.3 Å². The number of nitrogens with zero attached hydrogens (tertiary/aromatic N) is 8. The zero-order chi connectivity index (χ0) is 24.4. The van der Waals surface area contributed by atoms with Crippen molar-refractivity contribution in [3.63, 3.8) is 0 Å². The van der Waals surface area contributed by atoms with Gasteiger partial charge in [-0.25, -0.2) is 14.5 Å². The van der Waals surface area contributed by atoms with Gasteiger partial charge in [0.1, 0.15) is 17.8 Å². The number of ether oxygens (including phenoxy) is 2. The van der Waals surface area contributed by atoms with Crippen LogP contribution in [0, 0.1) is 6.92 Å². The third-order valence-electron chi connectivity index (χ3n) is 6.38. The van der Waals surface area contributed by atoms with Gasteiger partial charge in [-0.1, -0.05) is 0 Å². The molecule has 12 nitrogen and oxygen atoms in total. The number of hydrogen-bond acceptors (Lipinski definition) is 8. The second-order valence-electron chi connectivity index (χ2n) is 8.61. The summed E-state index contributed by atoms with van der Waals surface area (Å²) in [7, 11) is 3.53. The van der Waals surface area contributed by atoms with E-state index in [1.165, 1.54) is 0 Å². The Morgan fingerprint density at radius 1 is 1.06 bits per heavy atom. The van der Waals surface area contributed by atoms with Gasteiger partial charge in [0.2, 0.25) is 11.8 Å². The molecule has 0 saturated carbocycles. The number of methoxy groups -OCH3 is 1. The second-order valence-corrected chi connectivity index (χ2v) is 8.61. The van der Waals surface area contributed by atoms with Crippen molar-refractivity contribution in [2.45, 2.75) is 12.8 Å². The molecule has 0 radical (unpaired) electrons. The van der Waals surface area contributed by atoms with Crippen molar-refractivity contribution < 1.29 is 9.47 Å². The van der Waals surface area contributed by atoms with Crippen LogP contribution >= 0.6 is 0 Å². The van der Waals surface area contributed by atoms with Crippen LogP contribution in [0.3, 0.4) is 0 Å². The molecular formula is C24H20N10O2. The van der Waals surface area contributed by atoms with Crippen molar-refractivity contribution in [1.82, 2.24) is 49.8 Å². The Bertz CT molecular complexity index is 1740. The van der Waals surface area contributed by atoms with Crippen LogP contribution in [0.4, 0.5) is 0 Å². The van der Waals surface area contributed by atoms with Crippen LogP contribution in [0.1, 0.15) is 28.3 Å². The summed E-state index contributed by atoms with van der Waals surface area (Å²) >= 11 is 0. The molecule has 5 aromatic heterocycles. The first-order valence-corrected chi connectivity index (χ1v) is 11.3. The van der Waals surface area contributed by atoms with E-state index >= 15 is 0 Å². The van der Waals surface area contributed by atoms with Crippen LogP contribution in [0.25, 0.3) is 28.4 Å². The number of fused-ring (bicyclic) bond motifs is 4. The van der Waals surface area contributed by atoms with E-state index in [4.69, 9.17) is 14.5 Å². The predicted molar refractivity (Wildman–Crippen MR) is 128 cm³/mol. The lowest BCUT2D eigenvalue weighted by Crippen LogP contribution is -2.14. The van der Waals surface area contributed by atoms with Crippen LogP contribution < -0.4 is 9.47 Å². The molecular weight excluding hydrogens is 460 g/mol. The van der Waals surface area contributed by atoms with E-state index < -0.39 is 0 Å². The monoisotopic (exact) mass is 480 g/mol. The molecule has 0 bridgehead atoms. The van der Waals surface area contributed by atoms with Crippen LogP contribution in [0.15, 0.2) is 49.1 Å². The molecule has 0 aliphatic carbocycles. The first kappa shape index (κ1) is 20.4. The predicted octanol–water partition coefficient (Wildman–Crippen LogP) is 3.24. The summed E-state index contributed by atoms with van der Waals surface area (Å²) < 4.78 is 14.7. The number of hydrogen-bond donors (Lipinski definition) is 2. The third-order valence-corrected chi connectivity index (χ3v) is 6.38. The summed E-state index contributed by atoms with van der Waals surface area (Å²) in [5, 5.41) is 23.9. The van der Waals surface area contributed by atoms with Gasteiger partial charge in [0.05, 0.1) is 30.5 Å². The number of benzene rings is 1. The van der Waals surface area contributed by atoms with Crippen LogP contribution in [-0.4, -0.2) is 56.9 Å². The van der Waals surface area contributed by atoms with Crippen LogP contribution in [0.5, 0.6) is 17.5 Å². The summed E-state index contributed by atoms with van der Waals surface area (Å²) in [6, 6.07) is 9.63. The van der Waals surface area contributed by atoms with E-state index in [1.807, 2.05) is 56.7 Å². The number of H-pyrrole nitrogens is 2. The molecule has 1 atom stereocenters. The lowest BCUT2D eigenvalue weighted by Gasteiger charge is -2.24. The van der Waals surface area contributed by atoms with Crippen molar-refractivity contribution in [3.05, 3.63) is 71.4 Å². The fourth-order valence-corrected chi connectivity index (χ4v) is 4.65. The van der Waals surface area contributed by atoms with Gasteiger partial charge in [-0.15, -0.1) is 10.2 Å². The van der Waals surface area contributed by atoms with E-state index in [-0.39, 0.29) is 5.92 Å².